The minimum Gasteiger partial charge on any atom is -0.312 e. The Hall–Kier alpha value is -1.74. The van der Waals surface area contributed by atoms with E-state index in [2.05, 4.69) is 0 Å². The van der Waals surface area contributed by atoms with Crippen molar-refractivity contribution in [2.75, 3.05) is 20.4 Å². The first-order chi connectivity index (χ1) is 10.6. The van der Waals surface area contributed by atoms with E-state index in [9.17, 15) is 9.36 Å². The average molecular weight is 318 g/mol. The summed E-state index contributed by atoms with van der Waals surface area (Å²) in [6, 6.07) is 17.8. The van der Waals surface area contributed by atoms with Gasteiger partial charge in [0.15, 0.2) is 0 Å². The molecule has 0 saturated heterocycles. The number of Topliss-reactive ketones (excluding diaryl/α,β-unsaturated/α-hetero) is 1. The van der Waals surface area contributed by atoms with Crippen LogP contribution in [0, 0.1) is 0 Å². The molecular formula is C17H19O4P. The van der Waals surface area contributed by atoms with Gasteiger partial charge in [-0.05, 0) is 16.7 Å². The Morgan fingerprint density at radius 3 is 2.00 bits per heavy atom. The molecule has 0 fully saturated rings. The van der Waals surface area contributed by atoms with Gasteiger partial charge in [0.25, 0.3) is 0 Å². The maximum atomic E-state index is 12.0. The summed E-state index contributed by atoms with van der Waals surface area (Å²) >= 11 is 0. The van der Waals surface area contributed by atoms with Gasteiger partial charge in [-0.15, -0.1) is 0 Å². The standard InChI is InChI=1S/C17H19O4P/c1-20-22(19,21-2)13-17(18)12-14-8-10-16(11-9-14)15-6-4-3-5-7-15/h3-11H,12-13H2,1-2H3. The Kier molecular flexibility index (Phi) is 5.67. The van der Waals surface area contributed by atoms with Gasteiger partial charge >= 0.3 is 7.60 Å². The highest BCUT2D eigenvalue weighted by Crippen LogP contribution is 2.46. The molecule has 0 spiro atoms. The fraction of sp³-hybridized carbons (Fsp3) is 0.235. The second-order valence-electron chi connectivity index (χ2n) is 4.91. The number of hydrogen-bond donors (Lipinski definition) is 0. The van der Waals surface area contributed by atoms with Crippen LogP contribution in [0.3, 0.4) is 0 Å². The molecule has 2 aromatic rings. The summed E-state index contributed by atoms with van der Waals surface area (Å²) in [7, 11) is -0.713. The molecule has 0 amide bonds. The minimum atomic E-state index is -3.28. The average Bonchev–Trinajstić information content (AvgIpc) is 2.56. The molecule has 5 heteroatoms. The summed E-state index contributed by atoms with van der Waals surface area (Å²) < 4.78 is 21.5. The van der Waals surface area contributed by atoms with Crippen LogP contribution in [0.2, 0.25) is 0 Å². The van der Waals surface area contributed by atoms with Crippen molar-refractivity contribution in [1.29, 1.82) is 0 Å². The minimum absolute atomic E-state index is 0.167. The van der Waals surface area contributed by atoms with Gasteiger partial charge in [-0.25, -0.2) is 0 Å². The van der Waals surface area contributed by atoms with Crippen LogP contribution < -0.4 is 0 Å². The van der Waals surface area contributed by atoms with E-state index >= 15 is 0 Å². The van der Waals surface area contributed by atoms with Crippen LogP contribution in [0.4, 0.5) is 0 Å². The number of ketones is 1. The lowest BCUT2D eigenvalue weighted by Crippen LogP contribution is -2.10. The predicted molar refractivity (Wildman–Crippen MR) is 87.1 cm³/mol. The SMILES string of the molecule is COP(=O)(CC(=O)Cc1ccc(-c2ccccc2)cc1)OC. The van der Waals surface area contributed by atoms with Gasteiger partial charge in [0.05, 0.1) is 0 Å². The van der Waals surface area contributed by atoms with E-state index in [4.69, 9.17) is 9.05 Å². The lowest BCUT2D eigenvalue weighted by molar-refractivity contribution is -0.116. The zero-order valence-corrected chi connectivity index (χ0v) is 13.6. The Balaban J connectivity index is 2.03. The number of rotatable bonds is 7. The first-order valence-electron chi connectivity index (χ1n) is 6.93. The quantitative estimate of drug-likeness (QED) is 0.725. The van der Waals surface area contributed by atoms with Crippen molar-refractivity contribution in [2.24, 2.45) is 0 Å². The van der Waals surface area contributed by atoms with E-state index in [0.29, 0.717) is 0 Å². The fourth-order valence-corrected chi connectivity index (χ4v) is 3.10. The smallest absolute Gasteiger partial charge is 0.312 e. The van der Waals surface area contributed by atoms with Crippen molar-refractivity contribution >= 4 is 13.4 Å². The van der Waals surface area contributed by atoms with Gasteiger partial charge in [-0.1, -0.05) is 54.6 Å². The molecule has 0 aliphatic carbocycles. The predicted octanol–water partition coefficient (Wildman–Crippen LogP) is 3.95. The summed E-state index contributed by atoms with van der Waals surface area (Å²) in [5.41, 5.74) is 3.10. The number of carbonyl (C=O) groups excluding carboxylic acids is 1. The van der Waals surface area contributed by atoms with Crippen LogP contribution in [0.25, 0.3) is 11.1 Å². The molecule has 0 N–H and O–H groups in total. The van der Waals surface area contributed by atoms with Crippen molar-refractivity contribution in [1.82, 2.24) is 0 Å². The molecule has 0 saturated carbocycles. The van der Waals surface area contributed by atoms with Crippen LogP contribution in [0.15, 0.2) is 54.6 Å². The Labute approximate surface area is 130 Å². The lowest BCUT2D eigenvalue weighted by atomic mass is 10.0. The molecule has 0 radical (unpaired) electrons. The van der Waals surface area contributed by atoms with Crippen LogP contribution in [-0.4, -0.2) is 26.2 Å². The molecule has 0 aliphatic rings. The molecule has 22 heavy (non-hydrogen) atoms. The third-order valence-electron chi connectivity index (χ3n) is 3.39. The zero-order valence-electron chi connectivity index (χ0n) is 12.7. The molecule has 0 bridgehead atoms. The van der Waals surface area contributed by atoms with Crippen LogP contribution >= 0.6 is 7.60 Å². The molecule has 0 atom stereocenters. The summed E-state index contributed by atoms with van der Waals surface area (Å²) in [6.07, 6.45) is 0.00617. The second-order valence-corrected chi connectivity index (χ2v) is 7.18. The largest absolute Gasteiger partial charge is 0.337 e. The zero-order chi connectivity index (χ0) is 16.0. The molecule has 116 valence electrons. The Bertz CT molecular complexity index is 657. The van der Waals surface area contributed by atoms with Crippen molar-refractivity contribution < 1.29 is 18.4 Å². The highest BCUT2D eigenvalue weighted by atomic mass is 31.2. The summed E-state index contributed by atoms with van der Waals surface area (Å²) in [5, 5.41) is 0. The molecule has 0 unspecified atom stereocenters. The van der Waals surface area contributed by atoms with E-state index in [-0.39, 0.29) is 18.4 Å². The highest BCUT2D eigenvalue weighted by Gasteiger charge is 2.25. The first kappa shape index (κ1) is 16.6. The Morgan fingerprint density at radius 1 is 0.909 bits per heavy atom. The third-order valence-corrected chi connectivity index (χ3v) is 5.24. The maximum absolute atomic E-state index is 12.0. The van der Waals surface area contributed by atoms with Crippen molar-refractivity contribution in [3.63, 3.8) is 0 Å². The molecule has 0 aliphatic heterocycles. The van der Waals surface area contributed by atoms with Gasteiger partial charge in [-0.3, -0.25) is 9.36 Å². The van der Waals surface area contributed by atoms with E-state index in [1.54, 1.807) is 0 Å². The summed E-state index contributed by atoms with van der Waals surface area (Å²) in [4.78, 5) is 12.0. The number of hydrogen-bond acceptors (Lipinski definition) is 4. The Morgan fingerprint density at radius 2 is 1.45 bits per heavy atom. The lowest BCUT2D eigenvalue weighted by Gasteiger charge is -2.12. The maximum Gasteiger partial charge on any atom is 0.337 e. The van der Waals surface area contributed by atoms with Gasteiger partial charge in [0.2, 0.25) is 0 Å². The van der Waals surface area contributed by atoms with Crippen LogP contribution in [0.5, 0.6) is 0 Å². The molecule has 2 rings (SSSR count). The van der Waals surface area contributed by atoms with E-state index in [1.165, 1.54) is 14.2 Å². The van der Waals surface area contributed by atoms with Gasteiger partial charge < -0.3 is 9.05 Å². The van der Waals surface area contributed by atoms with Crippen LogP contribution in [0.1, 0.15) is 5.56 Å². The van der Waals surface area contributed by atoms with Crippen molar-refractivity contribution in [3.05, 3.63) is 60.2 Å². The topological polar surface area (TPSA) is 52.6 Å². The van der Waals surface area contributed by atoms with E-state index in [1.807, 2.05) is 54.6 Å². The van der Waals surface area contributed by atoms with E-state index < -0.39 is 7.60 Å². The molecule has 4 nitrogen and oxygen atoms in total. The molecule has 0 aromatic heterocycles. The van der Waals surface area contributed by atoms with Gasteiger partial charge in [-0.2, -0.15) is 0 Å². The molecular weight excluding hydrogens is 299 g/mol. The second kappa shape index (κ2) is 7.50. The highest BCUT2D eigenvalue weighted by molar-refractivity contribution is 7.54. The van der Waals surface area contributed by atoms with Crippen LogP contribution in [-0.2, 0) is 24.8 Å². The summed E-state index contributed by atoms with van der Waals surface area (Å²) in [6.45, 7) is 0. The monoisotopic (exact) mass is 318 g/mol. The third kappa shape index (κ3) is 4.38. The first-order valence-corrected chi connectivity index (χ1v) is 8.66. The number of benzene rings is 2. The molecule has 2 aromatic carbocycles. The fourth-order valence-electron chi connectivity index (χ4n) is 2.15. The summed E-state index contributed by atoms with van der Waals surface area (Å²) in [5.74, 6) is -0.167. The van der Waals surface area contributed by atoms with Gasteiger partial charge in [0, 0.05) is 20.6 Å². The van der Waals surface area contributed by atoms with Gasteiger partial charge in [0.1, 0.15) is 11.9 Å². The number of carbonyl (C=O) groups is 1. The van der Waals surface area contributed by atoms with Crippen molar-refractivity contribution in [2.45, 2.75) is 6.42 Å². The normalized spacial score (nSPS) is 11.4. The van der Waals surface area contributed by atoms with Crippen molar-refractivity contribution in [3.8, 4) is 11.1 Å². The van der Waals surface area contributed by atoms with E-state index in [0.717, 1.165) is 16.7 Å². The molecule has 0 heterocycles.